The molecule has 9 N–H and O–H groups in total. The summed E-state index contributed by atoms with van der Waals surface area (Å²) < 4.78 is 0. The highest BCUT2D eigenvalue weighted by Crippen LogP contribution is 2.38. The maximum atomic E-state index is 13.9. The van der Waals surface area contributed by atoms with Gasteiger partial charge in [-0.15, -0.1) is 68.0 Å². The number of allylic oxidation sites excluding steroid dienone is 2. The van der Waals surface area contributed by atoms with Gasteiger partial charge in [0, 0.05) is 44.4 Å². The molecule has 0 spiro atoms. The molecule has 0 unspecified atom stereocenters. The molecule has 0 saturated carbocycles. The van der Waals surface area contributed by atoms with Crippen molar-refractivity contribution in [2.75, 3.05) is 6.54 Å². The molecule has 0 aliphatic carbocycles. The molecule has 6 amide bonds. The summed E-state index contributed by atoms with van der Waals surface area (Å²) in [4.78, 5) is 114. The van der Waals surface area contributed by atoms with Crippen LogP contribution in [0.2, 0.25) is 0 Å². The van der Waals surface area contributed by atoms with E-state index in [1.165, 1.54) is 77.0 Å². The van der Waals surface area contributed by atoms with E-state index in [0.717, 1.165) is 34.0 Å². The summed E-state index contributed by atoms with van der Waals surface area (Å²) in [6.45, 7) is 11.4. The lowest BCUT2D eigenvalue weighted by atomic mass is 10.1. The monoisotopic (exact) mass is 1140 g/mol. The SMILES string of the molecule is C/C=C(\NC(=O)c1csc(-c2csc(-c3ccc4c(n3)-c3csc(n3)[C@H]([C@@H](C)O)NC(=O)c3csc(n3)[C@H](C(C)C)NC(=O)c3csc(n3)/C(=C/C)NC(=O)[C@H]([C@@H](C)O)NC(=O)c3csc-4n3)n2)n1)C(=O)NC[C@@H](C)O. The van der Waals surface area contributed by atoms with Gasteiger partial charge in [-0.2, -0.15) is 0 Å². The van der Waals surface area contributed by atoms with Crippen molar-refractivity contribution in [2.24, 2.45) is 5.92 Å². The van der Waals surface area contributed by atoms with E-state index in [1.807, 2.05) is 13.8 Å². The Kier molecular flexibility index (Phi) is 17.5. The third kappa shape index (κ3) is 12.5. The molecule has 0 aromatic carbocycles. The Labute approximate surface area is 458 Å². The predicted molar refractivity (Wildman–Crippen MR) is 290 cm³/mol. The molecule has 0 fully saturated rings. The van der Waals surface area contributed by atoms with E-state index in [-0.39, 0.29) is 51.6 Å². The van der Waals surface area contributed by atoms with Gasteiger partial charge < -0.3 is 47.2 Å². The number of hydrogen-bond acceptors (Lipinski definition) is 22. The highest BCUT2D eigenvalue weighted by Gasteiger charge is 2.32. The topological polar surface area (TPSA) is 326 Å². The van der Waals surface area contributed by atoms with Gasteiger partial charge in [-0.3, -0.25) is 28.8 Å². The fourth-order valence-electron chi connectivity index (χ4n) is 7.20. The fourth-order valence-corrected chi connectivity index (χ4v) is 12.4. The van der Waals surface area contributed by atoms with Crippen LogP contribution in [-0.4, -0.2) is 117 Å². The Morgan fingerprint density at radius 2 is 1.13 bits per heavy atom. The number of amides is 6. The third-order valence-electron chi connectivity index (χ3n) is 11.2. The van der Waals surface area contributed by atoms with Gasteiger partial charge in [0.05, 0.1) is 35.7 Å². The number of fused-ring (bicyclic) bond motifs is 11. The lowest BCUT2D eigenvalue weighted by molar-refractivity contribution is -0.124. The first-order valence-electron chi connectivity index (χ1n) is 23.3. The Morgan fingerprint density at radius 3 is 1.78 bits per heavy atom. The van der Waals surface area contributed by atoms with Crippen LogP contribution in [0.3, 0.4) is 0 Å². The third-order valence-corrected chi connectivity index (χ3v) is 16.6. The molecule has 396 valence electrons. The second-order valence-electron chi connectivity index (χ2n) is 17.4. The summed E-state index contributed by atoms with van der Waals surface area (Å²) in [7, 11) is 0. The number of thiazole rings is 6. The zero-order chi connectivity index (χ0) is 54.5. The van der Waals surface area contributed by atoms with Gasteiger partial charge in [0.2, 0.25) is 5.91 Å². The molecule has 8 heterocycles. The second-order valence-corrected chi connectivity index (χ2v) is 22.6. The van der Waals surface area contributed by atoms with Crippen LogP contribution in [0.15, 0.2) is 62.3 Å². The van der Waals surface area contributed by atoms with E-state index in [4.69, 9.17) is 15.0 Å². The summed E-state index contributed by atoms with van der Waals surface area (Å²) in [5, 5.41) is 59.6. The van der Waals surface area contributed by atoms with E-state index in [0.29, 0.717) is 53.4 Å². The zero-order valence-corrected chi connectivity index (χ0v) is 46.3. The van der Waals surface area contributed by atoms with Crippen molar-refractivity contribution >= 4 is 109 Å². The normalized spacial score (nSPS) is 18.5. The molecule has 8 bridgehead atoms. The van der Waals surface area contributed by atoms with Gasteiger partial charge in [-0.05, 0) is 52.7 Å². The average Bonchev–Trinajstić information content (AvgIpc) is 4.26. The summed E-state index contributed by atoms with van der Waals surface area (Å²) in [6.07, 6.45) is -0.261. The number of hydrogen-bond donors (Lipinski definition) is 9. The number of nitrogens with zero attached hydrogens (tertiary/aromatic N) is 7. The van der Waals surface area contributed by atoms with Crippen molar-refractivity contribution in [1.82, 2.24) is 66.8 Å². The number of rotatable bonds is 10. The van der Waals surface area contributed by atoms with Crippen molar-refractivity contribution in [3.63, 3.8) is 0 Å². The van der Waals surface area contributed by atoms with Crippen molar-refractivity contribution < 1.29 is 44.1 Å². The van der Waals surface area contributed by atoms with Crippen molar-refractivity contribution in [3.8, 4) is 43.4 Å². The molecule has 0 radical (unpaired) electrons. The molecule has 76 heavy (non-hydrogen) atoms. The summed E-state index contributed by atoms with van der Waals surface area (Å²) in [5.74, 6) is -4.00. The second kappa shape index (κ2) is 24.0. The van der Waals surface area contributed by atoms with Gasteiger partial charge in [0.25, 0.3) is 29.5 Å². The average molecular weight is 1140 g/mol. The van der Waals surface area contributed by atoms with Crippen LogP contribution < -0.4 is 31.9 Å². The number of aromatic nitrogens is 7. The predicted octanol–water partition coefficient (Wildman–Crippen LogP) is 5.57. The Morgan fingerprint density at radius 1 is 0.605 bits per heavy atom. The smallest absolute Gasteiger partial charge is 0.275 e. The summed E-state index contributed by atoms with van der Waals surface area (Å²) >= 11 is 6.97. The molecule has 8 rings (SSSR count). The van der Waals surface area contributed by atoms with E-state index in [9.17, 15) is 44.1 Å². The lowest BCUT2D eigenvalue weighted by Gasteiger charge is -2.21. The number of carbonyl (C=O) groups excluding carboxylic acids is 6. The zero-order valence-electron chi connectivity index (χ0n) is 41.4. The number of pyridine rings is 1. The maximum Gasteiger partial charge on any atom is 0.275 e. The first-order valence-corrected chi connectivity index (χ1v) is 28.6. The van der Waals surface area contributed by atoms with Gasteiger partial charge in [-0.1, -0.05) is 26.0 Å². The van der Waals surface area contributed by atoms with Crippen LogP contribution >= 0.6 is 68.0 Å². The Bertz CT molecular complexity index is 3380. The van der Waals surface area contributed by atoms with E-state index >= 15 is 0 Å². The van der Waals surface area contributed by atoms with E-state index in [1.54, 1.807) is 48.2 Å². The number of aliphatic hydroxyl groups excluding tert-OH is 3. The summed E-state index contributed by atoms with van der Waals surface area (Å²) in [6, 6.07) is 0.366. The standard InChI is InChI=1S/C48H49N13O9S6/c1-8-24(37(65)49-12-20(5)62)51-38(66)28-15-73-46(56-28)32-18-74-45(58-32)26-11-10-23-36(50-26)27-13-75-48(53-27)35(22(7)64)61-41(69)31-17-76-47(57-31)33(19(3)4)59-39(67)30-16-72-44(55-30)25(9-2)52-42(70)34(21(6)63)60-40(68)29-14-71-43(23)54-29/h8-11,13-22,33-35,62-64H,12H2,1-7H3,(H,49,65)(H,51,66)(H,52,70)(H,59,67)(H,60,68)(H,61,69)/b24-8-,25-9-/t20-,21-,22-,33+,34+,35+/m1/s1. The molecular formula is C48H49N13O9S6. The van der Waals surface area contributed by atoms with Crippen molar-refractivity contribution in [1.29, 1.82) is 0 Å². The first-order chi connectivity index (χ1) is 36.3. The molecule has 0 saturated heterocycles. The van der Waals surface area contributed by atoms with Gasteiger partial charge in [0.1, 0.15) is 87.7 Å². The summed E-state index contributed by atoms with van der Waals surface area (Å²) in [5.41, 5.74) is 2.26. The molecule has 22 nitrogen and oxygen atoms in total. The number of aliphatic hydroxyl groups is 3. The van der Waals surface area contributed by atoms with Crippen LogP contribution in [0.25, 0.3) is 49.1 Å². The molecule has 28 heteroatoms. The highest BCUT2D eigenvalue weighted by molar-refractivity contribution is 7.15. The van der Waals surface area contributed by atoms with Crippen molar-refractivity contribution in [2.45, 2.75) is 84.9 Å². The van der Waals surface area contributed by atoms with Crippen LogP contribution in [-0.2, 0) is 9.59 Å². The van der Waals surface area contributed by atoms with Gasteiger partial charge in [-0.25, -0.2) is 34.9 Å². The Balaban J connectivity index is 1.15. The molecule has 1 aliphatic heterocycles. The van der Waals surface area contributed by atoms with Crippen LogP contribution in [0, 0.1) is 5.92 Å². The van der Waals surface area contributed by atoms with Gasteiger partial charge >= 0.3 is 0 Å². The van der Waals surface area contributed by atoms with Crippen LogP contribution in [0.1, 0.15) is 118 Å². The minimum absolute atomic E-state index is 0.00119. The van der Waals surface area contributed by atoms with Gasteiger partial charge in [0.15, 0.2) is 0 Å². The minimum Gasteiger partial charge on any atom is -0.392 e. The van der Waals surface area contributed by atoms with Crippen LogP contribution in [0.4, 0.5) is 0 Å². The number of nitrogens with one attached hydrogen (secondary N) is 6. The number of carbonyl (C=O) groups is 6. The van der Waals surface area contributed by atoms with Crippen molar-refractivity contribution in [3.05, 3.63) is 100 Å². The van der Waals surface area contributed by atoms with E-state index < -0.39 is 71.9 Å². The molecule has 7 aromatic rings. The van der Waals surface area contributed by atoms with E-state index in [2.05, 4.69) is 51.8 Å². The van der Waals surface area contributed by atoms with Crippen LogP contribution in [0.5, 0.6) is 0 Å². The fraction of sp³-hybridized carbons (Fsp3) is 0.312. The highest BCUT2D eigenvalue weighted by atomic mass is 32.1. The first kappa shape index (κ1) is 55.3. The molecule has 7 aromatic heterocycles. The largest absolute Gasteiger partial charge is 0.392 e. The molecular weight excluding hydrogens is 1100 g/mol. The Hall–Kier alpha value is -6.89. The molecule has 6 atom stereocenters. The molecule has 1 aliphatic rings. The maximum absolute atomic E-state index is 13.9. The quantitative estimate of drug-likeness (QED) is 0.0756. The lowest BCUT2D eigenvalue weighted by Crippen LogP contribution is -2.52. The minimum atomic E-state index is -1.45.